The van der Waals surface area contributed by atoms with E-state index in [1.807, 2.05) is 11.8 Å². The van der Waals surface area contributed by atoms with Gasteiger partial charge in [0.15, 0.2) is 0 Å². The zero-order valence-electron chi connectivity index (χ0n) is 10.9. The van der Waals surface area contributed by atoms with Crippen LogP contribution in [0.3, 0.4) is 0 Å². The quantitative estimate of drug-likeness (QED) is 0.452. The molecule has 0 aliphatic rings. The molecule has 2 rings (SSSR count). The van der Waals surface area contributed by atoms with Gasteiger partial charge in [0.25, 0.3) is 0 Å². The maximum atomic E-state index is 3.87. The molecule has 0 fully saturated rings. The van der Waals surface area contributed by atoms with E-state index in [0.717, 1.165) is 6.42 Å². The Kier molecular flexibility index (Phi) is 5.60. The highest BCUT2D eigenvalue weighted by atomic mass is 32.2. The SMILES string of the molecule is [CH2]CCCCCCSc1ccc2ccccc2c1. The van der Waals surface area contributed by atoms with Crippen molar-refractivity contribution in [3.05, 3.63) is 49.4 Å². The molecule has 0 aliphatic heterocycles. The smallest absolute Gasteiger partial charge is 0.00783 e. The van der Waals surface area contributed by atoms with Crippen molar-refractivity contribution in [3.8, 4) is 0 Å². The molecule has 2 aromatic rings. The first-order chi connectivity index (χ1) is 8.90. The summed E-state index contributed by atoms with van der Waals surface area (Å²) in [5.74, 6) is 1.23. The van der Waals surface area contributed by atoms with Gasteiger partial charge in [0.2, 0.25) is 0 Å². The number of unbranched alkanes of at least 4 members (excludes halogenated alkanes) is 4. The Morgan fingerprint density at radius 2 is 1.61 bits per heavy atom. The van der Waals surface area contributed by atoms with Crippen molar-refractivity contribution in [1.82, 2.24) is 0 Å². The molecule has 0 aliphatic carbocycles. The Balaban J connectivity index is 1.81. The van der Waals surface area contributed by atoms with E-state index in [-0.39, 0.29) is 0 Å². The summed E-state index contributed by atoms with van der Waals surface area (Å²) in [5, 5.41) is 2.68. The molecule has 0 unspecified atom stereocenters. The average Bonchev–Trinajstić information content (AvgIpc) is 2.42. The molecule has 1 radical (unpaired) electrons. The zero-order valence-corrected chi connectivity index (χ0v) is 11.7. The highest BCUT2D eigenvalue weighted by molar-refractivity contribution is 7.99. The van der Waals surface area contributed by atoms with E-state index in [1.165, 1.54) is 47.1 Å². The zero-order chi connectivity index (χ0) is 12.6. The monoisotopic (exact) mass is 257 g/mol. The summed E-state index contributed by atoms with van der Waals surface area (Å²) in [6.45, 7) is 3.87. The molecule has 0 aromatic heterocycles. The van der Waals surface area contributed by atoms with Gasteiger partial charge in [0.05, 0.1) is 0 Å². The van der Waals surface area contributed by atoms with Crippen molar-refractivity contribution < 1.29 is 0 Å². The summed E-state index contributed by atoms with van der Waals surface area (Å²) >= 11 is 1.98. The number of thioether (sulfide) groups is 1. The Morgan fingerprint density at radius 3 is 2.44 bits per heavy atom. The minimum absolute atomic E-state index is 1.08. The molecular formula is C17H21S. The van der Waals surface area contributed by atoms with Crippen LogP contribution in [-0.2, 0) is 0 Å². The lowest BCUT2D eigenvalue weighted by Gasteiger charge is -2.04. The predicted molar refractivity (Wildman–Crippen MR) is 83.1 cm³/mol. The van der Waals surface area contributed by atoms with E-state index in [0.29, 0.717) is 0 Å². The lowest BCUT2D eigenvalue weighted by Crippen LogP contribution is -1.82. The minimum Gasteiger partial charge on any atom is -0.126 e. The molecule has 2 aromatic carbocycles. The van der Waals surface area contributed by atoms with Gasteiger partial charge in [-0.1, -0.05) is 62.9 Å². The second-order valence-corrected chi connectivity index (χ2v) is 5.79. The summed E-state index contributed by atoms with van der Waals surface area (Å²) in [4.78, 5) is 1.39. The van der Waals surface area contributed by atoms with Crippen LogP contribution in [0.5, 0.6) is 0 Å². The van der Waals surface area contributed by atoms with Gasteiger partial charge in [-0.25, -0.2) is 0 Å². The lowest BCUT2D eigenvalue weighted by atomic mass is 10.1. The fourth-order valence-corrected chi connectivity index (χ4v) is 3.04. The number of fused-ring (bicyclic) bond motifs is 1. The van der Waals surface area contributed by atoms with Crippen LogP contribution in [0.1, 0.15) is 32.1 Å². The molecule has 0 saturated heterocycles. The number of hydrogen-bond acceptors (Lipinski definition) is 1. The van der Waals surface area contributed by atoms with Crippen molar-refractivity contribution in [2.45, 2.75) is 37.0 Å². The van der Waals surface area contributed by atoms with Gasteiger partial charge in [-0.3, -0.25) is 0 Å². The second kappa shape index (κ2) is 7.48. The highest BCUT2D eigenvalue weighted by Gasteiger charge is 1.97. The minimum atomic E-state index is 1.08. The standard InChI is InChI=1S/C17H21S/c1-2-3-4-5-8-13-18-17-12-11-15-9-6-7-10-16(15)14-17/h6-7,9-12,14H,1-5,8,13H2. The maximum absolute atomic E-state index is 3.87. The van der Waals surface area contributed by atoms with Crippen LogP contribution in [0.25, 0.3) is 10.8 Å². The van der Waals surface area contributed by atoms with Crippen molar-refractivity contribution in [2.75, 3.05) is 5.75 Å². The molecule has 18 heavy (non-hydrogen) atoms. The molecular weight excluding hydrogens is 236 g/mol. The first-order valence-electron chi connectivity index (χ1n) is 6.81. The van der Waals surface area contributed by atoms with Crippen molar-refractivity contribution >= 4 is 22.5 Å². The van der Waals surface area contributed by atoms with Crippen LogP contribution in [-0.4, -0.2) is 5.75 Å². The topological polar surface area (TPSA) is 0 Å². The Morgan fingerprint density at radius 1 is 0.833 bits per heavy atom. The van der Waals surface area contributed by atoms with E-state index >= 15 is 0 Å². The molecule has 0 heterocycles. The van der Waals surface area contributed by atoms with E-state index < -0.39 is 0 Å². The third-order valence-electron chi connectivity index (χ3n) is 3.13. The van der Waals surface area contributed by atoms with E-state index in [2.05, 4.69) is 49.4 Å². The maximum Gasteiger partial charge on any atom is 0.00783 e. The Bertz CT molecular complexity index is 476. The highest BCUT2D eigenvalue weighted by Crippen LogP contribution is 2.24. The van der Waals surface area contributed by atoms with Crippen LogP contribution in [0.2, 0.25) is 0 Å². The van der Waals surface area contributed by atoms with E-state index in [9.17, 15) is 0 Å². The summed E-state index contributed by atoms with van der Waals surface area (Å²) < 4.78 is 0. The molecule has 1 heteroatoms. The average molecular weight is 257 g/mol. The van der Waals surface area contributed by atoms with Gasteiger partial charge < -0.3 is 0 Å². The van der Waals surface area contributed by atoms with Gasteiger partial charge >= 0.3 is 0 Å². The molecule has 0 bridgehead atoms. The fraction of sp³-hybridized carbons (Fsp3) is 0.353. The normalized spacial score (nSPS) is 10.9. The first-order valence-corrected chi connectivity index (χ1v) is 7.79. The summed E-state index contributed by atoms with van der Waals surface area (Å²) in [6, 6.07) is 15.3. The Labute approximate surface area is 115 Å². The van der Waals surface area contributed by atoms with E-state index in [4.69, 9.17) is 0 Å². The first kappa shape index (κ1) is 13.5. The molecule has 0 N–H and O–H groups in total. The van der Waals surface area contributed by atoms with Gasteiger partial charge in [-0.05, 0) is 35.1 Å². The van der Waals surface area contributed by atoms with Gasteiger partial charge in [-0.2, -0.15) is 0 Å². The predicted octanol–water partition coefficient (Wildman–Crippen LogP) is 5.72. The summed E-state index contributed by atoms with van der Waals surface area (Å²) in [5.41, 5.74) is 0. The number of benzene rings is 2. The van der Waals surface area contributed by atoms with E-state index in [1.54, 1.807) is 0 Å². The molecule has 0 amide bonds. The fourth-order valence-electron chi connectivity index (χ4n) is 2.08. The van der Waals surface area contributed by atoms with Crippen LogP contribution in [0.4, 0.5) is 0 Å². The molecule has 0 spiro atoms. The molecule has 95 valence electrons. The van der Waals surface area contributed by atoms with Gasteiger partial charge in [0.1, 0.15) is 0 Å². The van der Waals surface area contributed by atoms with Crippen molar-refractivity contribution in [2.24, 2.45) is 0 Å². The Hall–Kier alpha value is -0.950. The van der Waals surface area contributed by atoms with Crippen LogP contribution in [0, 0.1) is 6.92 Å². The third-order valence-corrected chi connectivity index (χ3v) is 4.21. The van der Waals surface area contributed by atoms with Crippen LogP contribution in [0.15, 0.2) is 47.4 Å². The van der Waals surface area contributed by atoms with Crippen LogP contribution < -0.4 is 0 Å². The number of rotatable bonds is 7. The van der Waals surface area contributed by atoms with Gasteiger partial charge in [0, 0.05) is 4.90 Å². The van der Waals surface area contributed by atoms with Gasteiger partial charge in [-0.15, -0.1) is 11.8 Å². The molecule has 0 atom stereocenters. The second-order valence-electron chi connectivity index (χ2n) is 4.63. The van der Waals surface area contributed by atoms with Crippen molar-refractivity contribution in [3.63, 3.8) is 0 Å². The summed E-state index contributed by atoms with van der Waals surface area (Å²) in [7, 11) is 0. The van der Waals surface area contributed by atoms with Crippen LogP contribution >= 0.6 is 11.8 Å². The molecule has 0 nitrogen and oxygen atoms in total. The van der Waals surface area contributed by atoms with Crippen molar-refractivity contribution in [1.29, 1.82) is 0 Å². The lowest BCUT2D eigenvalue weighted by molar-refractivity contribution is 0.677. The molecule has 0 saturated carbocycles. The largest absolute Gasteiger partial charge is 0.126 e. The number of hydrogen-bond donors (Lipinski definition) is 0. The summed E-state index contributed by atoms with van der Waals surface area (Å²) in [6.07, 6.45) is 6.35. The third kappa shape index (κ3) is 4.06.